The molecular weight excluding hydrogens is 253 g/mol. The van der Waals surface area contributed by atoms with Crippen molar-refractivity contribution in [2.24, 2.45) is 4.99 Å². The van der Waals surface area contributed by atoms with Gasteiger partial charge in [-0.15, -0.1) is 0 Å². The first-order chi connectivity index (χ1) is 9.56. The summed E-state index contributed by atoms with van der Waals surface area (Å²) in [6.45, 7) is 4.20. The van der Waals surface area contributed by atoms with E-state index in [1.165, 1.54) is 12.1 Å². The third kappa shape index (κ3) is 2.03. The Kier molecular flexibility index (Phi) is 2.93. The normalized spacial score (nSPS) is 12.6. The van der Waals surface area contributed by atoms with Crippen LogP contribution < -0.4 is 11.1 Å². The highest BCUT2D eigenvalue weighted by molar-refractivity contribution is 6.00. The van der Waals surface area contributed by atoms with E-state index in [1.807, 2.05) is 12.1 Å². The van der Waals surface area contributed by atoms with Crippen LogP contribution in [0.25, 0.3) is 0 Å². The van der Waals surface area contributed by atoms with Gasteiger partial charge in [0.15, 0.2) is 0 Å². The van der Waals surface area contributed by atoms with Crippen LogP contribution in [0.15, 0.2) is 35.3 Å². The molecule has 4 heteroatoms. The highest BCUT2D eigenvalue weighted by Crippen LogP contribution is 2.37. The van der Waals surface area contributed by atoms with Crippen LogP contribution in [-0.2, 0) is 0 Å². The molecule has 0 fully saturated rings. The number of nitrogens with one attached hydrogen (secondary N) is 1. The molecule has 0 spiro atoms. The lowest BCUT2D eigenvalue weighted by molar-refractivity contribution is 0.628. The molecule has 0 atom stereocenters. The molecule has 102 valence electrons. The fraction of sp³-hybridized carbons (Fsp3) is 0.188. The van der Waals surface area contributed by atoms with Crippen molar-refractivity contribution in [2.75, 3.05) is 11.1 Å². The largest absolute Gasteiger partial charge is 0.398 e. The van der Waals surface area contributed by atoms with E-state index in [0.717, 1.165) is 28.2 Å². The number of aliphatic imine (C=N–C) groups is 1. The number of nitrogens with two attached hydrogens (primary N) is 1. The van der Waals surface area contributed by atoms with Crippen LogP contribution in [-0.4, -0.2) is 6.21 Å². The van der Waals surface area contributed by atoms with Crippen molar-refractivity contribution >= 4 is 29.0 Å². The maximum atomic E-state index is 13.3. The summed E-state index contributed by atoms with van der Waals surface area (Å²) >= 11 is 0. The van der Waals surface area contributed by atoms with E-state index in [4.69, 9.17) is 5.73 Å². The fourth-order valence-electron chi connectivity index (χ4n) is 2.40. The van der Waals surface area contributed by atoms with E-state index in [9.17, 15) is 4.39 Å². The molecule has 0 saturated carbocycles. The Bertz CT molecular complexity index is 705. The molecule has 1 aliphatic rings. The van der Waals surface area contributed by atoms with E-state index in [0.29, 0.717) is 11.6 Å². The van der Waals surface area contributed by atoms with Crippen molar-refractivity contribution in [3.8, 4) is 0 Å². The topological polar surface area (TPSA) is 50.4 Å². The fourth-order valence-corrected chi connectivity index (χ4v) is 2.40. The number of halogens is 1. The summed E-state index contributed by atoms with van der Waals surface area (Å²) < 4.78 is 13.3. The average Bonchev–Trinajstić information content (AvgIpc) is 2.58. The van der Waals surface area contributed by atoms with Crippen LogP contribution in [0.2, 0.25) is 0 Å². The molecule has 0 radical (unpaired) electrons. The minimum atomic E-state index is -0.301. The zero-order valence-corrected chi connectivity index (χ0v) is 11.4. The Labute approximate surface area is 117 Å². The predicted octanol–water partition coefficient (Wildman–Crippen LogP) is 4.34. The SMILES string of the molecule is CC(C)c1ccc2c(c1N)C=Nc1cc(F)ccc1N2. The smallest absolute Gasteiger partial charge is 0.125 e. The molecule has 1 aliphatic heterocycles. The Balaban J connectivity index is 2.15. The first-order valence-corrected chi connectivity index (χ1v) is 6.59. The second-order valence-corrected chi connectivity index (χ2v) is 5.23. The third-order valence-electron chi connectivity index (χ3n) is 3.50. The van der Waals surface area contributed by atoms with Crippen LogP contribution in [0, 0.1) is 5.82 Å². The standard InChI is InChI=1S/C16H16FN3/c1-9(2)11-4-6-13-12(16(11)18)8-19-15-7-10(17)3-5-14(15)20-13/h3-9,20H,18H2,1-2H3. The van der Waals surface area contributed by atoms with Gasteiger partial charge in [0.25, 0.3) is 0 Å². The van der Waals surface area contributed by atoms with Gasteiger partial charge in [0.2, 0.25) is 0 Å². The van der Waals surface area contributed by atoms with Gasteiger partial charge in [0.1, 0.15) is 5.82 Å². The molecular formula is C16H16FN3. The van der Waals surface area contributed by atoms with Crippen LogP contribution in [0.1, 0.15) is 30.9 Å². The molecule has 3 N–H and O–H groups in total. The van der Waals surface area contributed by atoms with Gasteiger partial charge in [0, 0.05) is 29.2 Å². The van der Waals surface area contributed by atoms with Crippen molar-refractivity contribution < 1.29 is 4.39 Å². The number of hydrogen-bond donors (Lipinski definition) is 2. The number of fused-ring (bicyclic) bond motifs is 2. The number of nitrogens with zero attached hydrogens (tertiary/aromatic N) is 1. The Morgan fingerprint density at radius 2 is 1.90 bits per heavy atom. The molecule has 1 heterocycles. The Morgan fingerprint density at radius 3 is 2.65 bits per heavy atom. The Hall–Kier alpha value is -2.36. The molecule has 0 aliphatic carbocycles. The van der Waals surface area contributed by atoms with Crippen molar-refractivity contribution in [1.29, 1.82) is 0 Å². The van der Waals surface area contributed by atoms with Crippen molar-refractivity contribution in [3.05, 3.63) is 47.3 Å². The van der Waals surface area contributed by atoms with Crippen LogP contribution in [0.4, 0.5) is 27.1 Å². The van der Waals surface area contributed by atoms with Crippen LogP contribution in [0.5, 0.6) is 0 Å². The second kappa shape index (κ2) is 4.63. The predicted molar refractivity (Wildman–Crippen MR) is 81.9 cm³/mol. The number of benzene rings is 2. The molecule has 3 rings (SSSR count). The van der Waals surface area contributed by atoms with Gasteiger partial charge in [-0.1, -0.05) is 19.9 Å². The molecule has 2 aromatic carbocycles. The summed E-state index contributed by atoms with van der Waals surface area (Å²) in [7, 11) is 0. The van der Waals surface area contributed by atoms with Gasteiger partial charge in [-0.25, -0.2) is 4.39 Å². The van der Waals surface area contributed by atoms with E-state index in [1.54, 1.807) is 12.3 Å². The summed E-state index contributed by atoms with van der Waals surface area (Å²) in [6.07, 6.45) is 1.70. The summed E-state index contributed by atoms with van der Waals surface area (Å²) in [5, 5.41) is 3.27. The van der Waals surface area contributed by atoms with Gasteiger partial charge in [-0.2, -0.15) is 0 Å². The number of nitrogen functional groups attached to an aromatic ring is 1. The van der Waals surface area contributed by atoms with Gasteiger partial charge < -0.3 is 11.1 Å². The number of anilines is 3. The quantitative estimate of drug-likeness (QED) is 0.646. The maximum Gasteiger partial charge on any atom is 0.125 e. The minimum absolute atomic E-state index is 0.301. The van der Waals surface area contributed by atoms with Gasteiger partial charge in [-0.05, 0) is 29.7 Å². The summed E-state index contributed by atoms with van der Waals surface area (Å²) in [4.78, 5) is 4.34. The molecule has 0 saturated heterocycles. The lowest BCUT2D eigenvalue weighted by Gasteiger charge is -2.15. The molecule has 0 bridgehead atoms. The highest BCUT2D eigenvalue weighted by atomic mass is 19.1. The Morgan fingerprint density at radius 1 is 1.15 bits per heavy atom. The van der Waals surface area contributed by atoms with Crippen LogP contribution >= 0.6 is 0 Å². The summed E-state index contributed by atoms with van der Waals surface area (Å²) in [5.41, 5.74) is 11.1. The van der Waals surface area contributed by atoms with Gasteiger partial charge >= 0.3 is 0 Å². The van der Waals surface area contributed by atoms with Crippen LogP contribution in [0.3, 0.4) is 0 Å². The molecule has 0 amide bonds. The van der Waals surface area contributed by atoms with E-state index in [-0.39, 0.29) is 5.82 Å². The highest BCUT2D eigenvalue weighted by Gasteiger charge is 2.15. The lowest BCUT2D eigenvalue weighted by Crippen LogP contribution is -2.04. The minimum Gasteiger partial charge on any atom is -0.398 e. The van der Waals surface area contributed by atoms with Crippen molar-refractivity contribution in [3.63, 3.8) is 0 Å². The molecule has 0 aromatic heterocycles. The maximum absolute atomic E-state index is 13.3. The monoisotopic (exact) mass is 269 g/mol. The zero-order chi connectivity index (χ0) is 14.3. The molecule has 2 aromatic rings. The van der Waals surface area contributed by atoms with Crippen molar-refractivity contribution in [2.45, 2.75) is 19.8 Å². The third-order valence-corrected chi connectivity index (χ3v) is 3.50. The second-order valence-electron chi connectivity index (χ2n) is 5.23. The first-order valence-electron chi connectivity index (χ1n) is 6.59. The lowest BCUT2D eigenvalue weighted by atomic mass is 9.97. The molecule has 0 unspecified atom stereocenters. The van der Waals surface area contributed by atoms with Gasteiger partial charge in [-0.3, -0.25) is 4.99 Å². The van der Waals surface area contributed by atoms with Crippen molar-refractivity contribution in [1.82, 2.24) is 0 Å². The average molecular weight is 269 g/mol. The number of hydrogen-bond acceptors (Lipinski definition) is 3. The van der Waals surface area contributed by atoms with E-state index >= 15 is 0 Å². The van der Waals surface area contributed by atoms with Gasteiger partial charge in [0.05, 0.1) is 11.4 Å². The number of rotatable bonds is 1. The van der Waals surface area contributed by atoms with E-state index in [2.05, 4.69) is 24.2 Å². The summed E-state index contributed by atoms with van der Waals surface area (Å²) in [5.74, 6) is 0.0428. The molecule has 3 nitrogen and oxygen atoms in total. The van der Waals surface area contributed by atoms with E-state index < -0.39 is 0 Å². The zero-order valence-electron chi connectivity index (χ0n) is 11.4. The first kappa shape index (κ1) is 12.7. The summed E-state index contributed by atoms with van der Waals surface area (Å²) in [6, 6.07) is 8.52. The molecule has 20 heavy (non-hydrogen) atoms.